The van der Waals surface area contributed by atoms with Crippen molar-refractivity contribution in [2.45, 2.75) is 19.4 Å². The quantitative estimate of drug-likeness (QED) is 0.377. The molecule has 1 aliphatic carbocycles. The number of rotatable bonds is 11. The molecule has 6 nitrogen and oxygen atoms in total. The third-order valence-corrected chi connectivity index (χ3v) is 4.13. The minimum atomic E-state index is 0.564. The van der Waals surface area contributed by atoms with Gasteiger partial charge in [0.25, 0.3) is 0 Å². The maximum Gasteiger partial charge on any atom is 0.193 e. The molecule has 0 saturated heterocycles. The van der Waals surface area contributed by atoms with E-state index in [0.29, 0.717) is 13.2 Å². The van der Waals surface area contributed by atoms with Gasteiger partial charge >= 0.3 is 0 Å². The molecular formula is C19H31N3O3. The van der Waals surface area contributed by atoms with Crippen molar-refractivity contribution in [3.8, 4) is 5.75 Å². The second-order valence-electron chi connectivity index (χ2n) is 6.33. The fourth-order valence-corrected chi connectivity index (χ4v) is 2.35. The SMILES string of the molecule is CN=C(NCc1ccc(OCCOC)cc1)N(C)CCOCC1CC1. The smallest absolute Gasteiger partial charge is 0.193 e. The summed E-state index contributed by atoms with van der Waals surface area (Å²) in [5.74, 6) is 2.54. The lowest BCUT2D eigenvalue weighted by Gasteiger charge is -2.22. The van der Waals surface area contributed by atoms with E-state index in [1.807, 2.05) is 19.2 Å². The summed E-state index contributed by atoms with van der Waals surface area (Å²) in [6, 6.07) is 8.07. The van der Waals surface area contributed by atoms with Gasteiger partial charge in [-0.1, -0.05) is 12.1 Å². The van der Waals surface area contributed by atoms with E-state index in [9.17, 15) is 0 Å². The number of guanidine groups is 1. The summed E-state index contributed by atoms with van der Waals surface area (Å²) >= 11 is 0. The number of likely N-dealkylation sites (N-methyl/N-ethyl adjacent to an activating group) is 1. The van der Waals surface area contributed by atoms with Crippen LogP contribution < -0.4 is 10.1 Å². The minimum Gasteiger partial charge on any atom is -0.491 e. The molecule has 6 heteroatoms. The zero-order chi connectivity index (χ0) is 17.9. The number of ether oxygens (including phenoxy) is 3. The summed E-state index contributed by atoms with van der Waals surface area (Å²) in [4.78, 5) is 6.43. The van der Waals surface area contributed by atoms with Crippen molar-refractivity contribution in [3.05, 3.63) is 29.8 Å². The van der Waals surface area contributed by atoms with Crippen LogP contribution in [0, 0.1) is 5.92 Å². The van der Waals surface area contributed by atoms with Gasteiger partial charge in [0.15, 0.2) is 5.96 Å². The second-order valence-corrected chi connectivity index (χ2v) is 6.33. The van der Waals surface area contributed by atoms with E-state index < -0.39 is 0 Å². The number of methoxy groups -OCH3 is 1. The molecule has 140 valence electrons. The highest BCUT2D eigenvalue weighted by Gasteiger charge is 2.21. The third-order valence-electron chi connectivity index (χ3n) is 4.13. The molecule has 1 fully saturated rings. The zero-order valence-electron chi connectivity index (χ0n) is 15.7. The Bertz CT molecular complexity index is 515. The van der Waals surface area contributed by atoms with Gasteiger partial charge in [-0.25, -0.2) is 0 Å². The normalized spacial score (nSPS) is 14.4. The second kappa shape index (κ2) is 10.9. The number of hydrogen-bond acceptors (Lipinski definition) is 4. The van der Waals surface area contributed by atoms with Gasteiger partial charge in [-0.3, -0.25) is 4.99 Å². The number of nitrogens with one attached hydrogen (secondary N) is 1. The molecule has 1 aliphatic rings. The predicted molar refractivity (Wildman–Crippen MR) is 100 cm³/mol. The molecule has 2 rings (SSSR count). The van der Waals surface area contributed by atoms with E-state index in [1.54, 1.807) is 14.2 Å². The Morgan fingerprint density at radius 1 is 1.20 bits per heavy atom. The summed E-state index contributed by atoms with van der Waals surface area (Å²) in [6.07, 6.45) is 2.66. The largest absolute Gasteiger partial charge is 0.491 e. The Labute approximate surface area is 151 Å². The van der Waals surface area contributed by atoms with Crippen molar-refractivity contribution in [2.24, 2.45) is 10.9 Å². The first-order valence-electron chi connectivity index (χ1n) is 8.93. The lowest BCUT2D eigenvalue weighted by Crippen LogP contribution is -2.40. The highest BCUT2D eigenvalue weighted by atomic mass is 16.5. The highest BCUT2D eigenvalue weighted by Crippen LogP contribution is 2.28. The maximum atomic E-state index is 5.69. The van der Waals surface area contributed by atoms with Crippen LogP contribution in [0.15, 0.2) is 29.3 Å². The van der Waals surface area contributed by atoms with E-state index in [4.69, 9.17) is 14.2 Å². The van der Waals surface area contributed by atoms with E-state index >= 15 is 0 Å². The first-order chi connectivity index (χ1) is 12.2. The standard InChI is InChI=1S/C19H31N3O3/c1-20-19(22(2)10-11-24-15-17-4-5-17)21-14-16-6-8-18(9-7-16)25-13-12-23-3/h6-9,17H,4-5,10-15H2,1-3H3,(H,20,21). The van der Waals surface area contributed by atoms with Crippen LogP contribution in [-0.2, 0) is 16.0 Å². The van der Waals surface area contributed by atoms with Gasteiger partial charge in [0.05, 0.1) is 13.2 Å². The molecule has 1 aromatic rings. The van der Waals surface area contributed by atoms with Crippen LogP contribution >= 0.6 is 0 Å². The third kappa shape index (κ3) is 7.75. The monoisotopic (exact) mass is 349 g/mol. The van der Waals surface area contributed by atoms with Crippen LogP contribution in [0.2, 0.25) is 0 Å². The van der Waals surface area contributed by atoms with Crippen LogP contribution in [0.3, 0.4) is 0 Å². The molecule has 0 bridgehead atoms. The lowest BCUT2D eigenvalue weighted by molar-refractivity contribution is 0.115. The summed E-state index contributed by atoms with van der Waals surface area (Å²) < 4.78 is 16.2. The van der Waals surface area contributed by atoms with Gasteiger partial charge in [0.1, 0.15) is 12.4 Å². The van der Waals surface area contributed by atoms with Gasteiger partial charge in [0, 0.05) is 40.9 Å². The first-order valence-corrected chi connectivity index (χ1v) is 8.93. The molecule has 0 heterocycles. The fraction of sp³-hybridized carbons (Fsp3) is 0.632. The minimum absolute atomic E-state index is 0.564. The summed E-state index contributed by atoms with van der Waals surface area (Å²) in [7, 11) is 5.50. The van der Waals surface area contributed by atoms with Gasteiger partial charge in [-0.05, 0) is 36.5 Å². The van der Waals surface area contributed by atoms with Crippen molar-refractivity contribution in [3.63, 3.8) is 0 Å². The van der Waals surface area contributed by atoms with Crippen LogP contribution in [0.25, 0.3) is 0 Å². The summed E-state index contributed by atoms with van der Waals surface area (Å²) in [5.41, 5.74) is 1.18. The molecule has 1 aromatic carbocycles. The molecular weight excluding hydrogens is 318 g/mol. The number of nitrogens with zero attached hydrogens (tertiary/aromatic N) is 2. The van der Waals surface area contributed by atoms with Crippen molar-refractivity contribution in [2.75, 3.05) is 54.2 Å². The molecule has 0 amide bonds. The van der Waals surface area contributed by atoms with E-state index in [1.165, 1.54) is 18.4 Å². The Balaban J connectivity index is 1.67. The summed E-state index contributed by atoms with van der Waals surface area (Å²) in [6.45, 7) is 4.35. The molecule has 0 atom stereocenters. The molecule has 0 unspecified atom stereocenters. The van der Waals surface area contributed by atoms with Crippen LogP contribution in [0.1, 0.15) is 18.4 Å². The molecule has 1 N–H and O–H groups in total. The summed E-state index contributed by atoms with van der Waals surface area (Å²) in [5, 5.41) is 3.38. The lowest BCUT2D eigenvalue weighted by atomic mass is 10.2. The van der Waals surface area contributed by atoms with Gasteiger partial charge < -0.3 is 24.4 Å². The van der Waals surface area contributed by atoms with E-state index in [-0.39, 0.29) is 0 Å². The van der Waals surface area contributed by atoms with Gasteiger partial charge in [-0.2, -0.15) is 0 Å². The van der Waals surface area contributed by atoms with Crippen molar-refractivity contribution >= 4 is 5.96 Å². The molecule has 0 aliphatic heterocycles. The van der Waals surface area contributed by atoms with E-state index in [0.717, 1.165) is 43.9 Å². The zero-order valence-corrected chi connectivity index (χ0v) is 15.7. The van der Waals surface area contributed by atoms with Crippen molar-refractivity contribution < 1.29 is 14.2 Å². The van der Waals surface area contributed by atoms with Crippen molar-refractivity contribution in [1.82, 2.24) is 10.2 Å². The average molecular weight is 349 g/mol. The number of hydrogen-bond donors (Lipinski definition) is 1. The van der Waals surface area contributed by atoms with Gasteiger partial charge in [-0.15, -0.1) is 0 Å². The molecule has 0 radical (unpaired) electrons. The Morgan fingerprint density at radius 3 is 2.60 bits per heavy atom. The van der Waals surface area contributed by atoms with Crippen LogP contribution in [-0.4, -0.2) is 65.0 Å². The van der Waals surface area contributed by atoms with Gasteiger partial charge in [0.2, 0.25) is 0 Å². The molecule has 0 aromatic heterocycles. The Kier molecular flexibility index (Phi) is 8.55. The highest BCUT2D eigenvalue weighted by molar-refractivity contribution is 5.79. The maximum absolute atomic E-state index is 5.69. The van der Waals surface area contributed by atoms with Crippen LogP contribution in [0.5, 0.6) is 5.75 Å². The van der Waals surface area contributed by atoms with E-state index in [2.05, 4.69) is 27.3 Å². The van der Waals surface area contributed by atoms with Crippen LogP contribution in [0.4, 0.5) is 0 Å². The molecule has 0 spiro atoms. The fourth-order valence-electron chi connectivity index (χ4n) is 2.35. The average Bonchev–Trinajstić information content (AvgIpc) is 3.45. The van der Waals surface area contributed by atoms with Crippen molar-refractivity contribution in [1.29, 1.82) is 0 Å². The predicted octanol–water partition coefficient (Wildman–Crippen LogP) is 2.15. The molecule has 25 heavy (non-hydrogen) atoms. The number of benzene rings is 1. The Hall–Kier alpha value is -1.79. The Morgan fingerprint density at radius 2 is 1.96 bits per heavy atom. The number of aliphatic imine (C=N–C) groups is 1. The molecule has 1 saturated carbocycles. The topological polar surface area (TPSA) is 55.3 Å². The first kappa shape index (κ1) is 19.5.